The molecule has 1 aliphatic rings. The smallest absolute Gasteiger partial charge is 0.147 e. The lowest BCUT2D eigenvalue weighted by Crippen LogP contribution is -2.36. The van der Waals surface area contributed by atoms with Crippen LogP contribution in [-0.2, 0) is 6.54 Å². The largest absolute Gasteiger partial charge is 0.326 e. The summed E-state index contributed by atoms with van der Waals surface area (Å²) in [7, 11) is 0. The van der Waals surface area contributed by atoms with Crippen molar-refractivity contribution in [1.82, 2.24) is 14.8 Å². The monoisotopic (exact) mass is 222 g/mol. The SMILES string of the molecule is Cc1nc(C)n(CC(N)C2CCCCC2)n1. The highest BCUT2D eigenvalue weighted by atomic mass is 15.3. The number of rotatable bonds is 3. The summed E-state index contributed by atoms with van der Waals surface area (Å²) in [6.07, 6.45) is 6.63. The number of aromatic nitrogens is 3. The predicted molar refractivity (Wildman–Crippen MR) is 64.0 cm³/mol. The number of nitrogens with two attached hydrogens (primary N) is 1. The van der Waals surface area contributed by atoms with Gasteiger partial charge in [0.05, 0.1) is 6.54 Å². The van der Waals surface area contributed by atoms with Gasteiger partial charge in [-0.2, -0.15) is 5.10 Å². The van der Waals surface area contributed by atoms with Gasteiger partial charge in [-0.15, -0.1) is 0 Å². The molecule has 2 N–H and O–H groups in total. The summed E-state index contributed by atoms with van der Waals surface area (Å²) in [6.45, 7) is 4.74. The highest BCUT2D eigenvalue weighted by Gasteiger charge is 2.21. The Labute approximate surface area is 97.2 Å². The van der Waals surface area contributed by atoms with Gasteiger partial charge in [-0.05, 0) is 32.6 Å². The number of hydrogen-bond donors (Lipinski definition) is 1. The second-order valence-corrected chi connectivity index (χ2v) is 4.95. The fourth-order valence-corrected chi connectivity index (χ4v) is 2.65. The molecule has 0 radical (unpaired) electrons. The average Bonchev–Trinajstić information content (AvgIpc) is 2.59. The second kappa shape index (κ2) is 4.95. The van der Waals surface area contributed by atoms with E-state index < -0.39 is 0 Å². The maximum absolute atomic E-state index is 6.27. The summed E-state index contributed by atoms with van der Waals surface area (Å²) < 4.78 is 1.95. The van der Waals surface area contributed by atoms with Crippen LogP contribution in [0.15, 0.2) is 0 Å². The van der Waals surface area contributed by atoms with Crippen molar-refractivity contribution in [2.75, 3.05) is 0 Å². The van der Waals surface area contributed by atoms with Gasteiger partial charge in [-0.25, -0.2) is 9.67 Å². The Morgan fingerprint density at radius 1 is 1.31 bits per heavy atom. The van der Waals surface area contributed by atoms with Crippen LogP contribution in [0.5, 0.6) is 0 Å². The third-order valence-electron chi connectivity index (χ3n) is 3.60. The predicted octanol–water partition coefficient (Wildman–Crippen LogP) is 1.80. The van der Waals surface area contributed by atoms with Gasteiger partial charge in [-0.3, -0.25) is 0 Å². The molecular weight excluding hydrogens is 200 g/mol. The summed E-state index contributed by atoms with van der Waals surface area (Å²) in [5, 5.41) is 4.37. The van der Waals surface area contributed by atoms with Crippen LogP contribution in [0.2, 0.25) is 0 Å². The molecule has 1 atom stereocenters. The molecule has 1 heterocycles. The lowest BCUT2D eigenvalue weighted by molar-refractivity contribution is 0.278. The summed E-state index contributed by atoms with van der Waals surface area (Å²) in [4.78, 5) is 4.31. The fourth-order valence-electron chi connectivity index (χ4n) is 2.65. The molecule has 0 amide bonds. The average molecular weight is 222 g/mol. The van der Waals surface area contributed by atoms with Gasteiger partial charge in [0.1, 0.15) is 11.6 Å². The zero-order valence-electron chi connectivity index (χ0n) is 10.3. The molecule has 0 bridgehead atoms. The van der Waals surface area contributed by atoms with E-state index in [4.69, 9.17) is 5.73 Å². The zero-order chi connectivity index (χ0) is 11.5. The van der Waals surface area contributed by atoms with E-state index in [1.54, 1.807) is 0 Å². The van der Waals surface area contributed by atoms with E-state index in [2.05, 4.69) is 10.1 Å². The van der Waals surface area contributed by atoms with E-state index in [9.17, 15) is 0 Å². The van der Waals surface area contributed by atoms with Crippen molar-refractivity contribution in [2.24, 2.45) is 11.7 Å². The normalized spacial score (nSPS) is 19.9. The molecular formula is C12H22N4. The maximum atomic E-state index is 6.27. The van der Waals surface area contributed by atoms with Crippen LogP contribution in [0.3, 0.4) is 0 Å². The van der Waals surface area contributed by atoms with E-state index in [0.29, 0.717) is 5.92 Å². The van der Waals surface area contributed by atoms with Crippen molar-refractivity contribution in [1.29, 1.82) is 0 Å². The van der Waals surface area contributed by atoms with E-state index in [-0.39, 0.29) is 6.04 Å². The molecule has 1 fully saturated rings. The topological polar surface area (TPSA) is 56.7 Å². The molecule has 0 spiro atoms. The Morgan fingerprint density at radius 2 is 2.00 bits per heavy atom. The molecule has 1 aromatic heterocycles. The van der Waals surface area contributed by atoms with Gasteiger partial charge in [0.25, 0.3) is 0 Å². The van der Waals surface area contributed by atoms with Gasteiger partial charge in [-0.1, -0.05) is 19.3 Å². The van der Waals surface area contributed by atoms with Crippen molar-refractivity contribution in [3.8, 4) is 0 Å². The van der Waals surface area contributed by atoms with Crippen LogP contribution in [0.1, 0.15) is 43.8 Å². The molecule has 1 unspecified atom stereocenters. The maximum Gasteiger partial charge on any atom is 0.147 e. The van der Waals surface area contributed by atoms with Crippen LogP contribution in [-0.4, -0.2) is 20.8 Å². The first-order valence-electron chi connectivity index (χ1n) is 6.30. The minimum Gasteiger partial charge on any atom is -0.326 e. The van der Waals surface area contributed by atoms with Crippen molar-refractivity contribution in [2.45, 2.75) is 58.5 Å². The second-order valence-electron chi connectivity index (χ2n) is 4.95. The molecule has 0 saturated heterocycles. The van der Waals surface area contributed by atoms with E-state index in [0.717, 1.165) is 18.2 Å². The first-order valence-corrected chi connectivity index (χ1v) is 6.30. The fraction of sp³-hybridized carbons (Fsp3) is 0.833. The quantitative estimate of drug-likeness (QED) is 0.848. The van der Waals surface area contributed by atoms with Crippen LogP contribution >= 0.6 is 0 Å². The van der Waals surface area contributed by atoms with Crippen molar-refractivity contribution >= 4 is 0 Å². The van der Waals surface area contributed by atoms with Crippen molar-refractivity contribution in [3.05, 3.63) is 11.6 Å². The Morgan fingerprint density at radius 3 is 2.56 bits per heavy atom. The molecule has 16 heavy (non-hydrogen) atoms. The van der Waals surface area contributed by atoms with E-state index in [1.807, 2.05) is 18.5 Å². The Balaban J connectivity index is 1.95. The van der Waals surface area contributed by atoms with Crippen LogP contribution in [0, 0.1) is 19.8 Å². The van der Waals surface area contributed by atoms with Crippen LogP contribution in [0.25, 0.3) is 0 Å². The summed E-state index contributed by atoms with van der Waals surface area (Å²) in [5.41, 5.74) is 6.27. The number of hydrogen-bond acceptors (Lipinski definition) is 3. The Bertz CT molecular complexity index is 339. The molecule has 0 aliphatic heterocycles. The Hall–Kier alpha value is -0.900. The third-order valence-corrected chi connectivity index (χ3v) is 3.60. The molecule has 2 rings (SSSR count). The highest BCUT2D eigenvalue weighted by molar-refractivity contribution is 4.89. The lowest BCUT2D eigenvalue weighted by Gasteiger charge is -2.27. The standard InChI is InChI=1S/C12H22N4/c1-9-14-10(2)16(15-9)8-12(13)11-6-4-3-5-7-11/h11-12H,3-8,13H2,1-2H3. The molecule has 1 aliphatic carbocycles. The number of nitrogens with zero attached hydrogens (tertiary/aromatic N) is 3. The summed E-state index contributed by atoms with van der Waals surface area (Å²) in [6, 6.07) is 0.236. The van der Waals surface area contributed by atoms with Gasteiger partial charge in [0.2, 0.25) is 0 Å². The van der Waals surface area contributed by atoms with Gasteiger partial charge >= 0.3 is 0 Å². The third kappa shape index (κ3) is 2.61. The highest BCUT2D eigenvalue weighted by Crippen LogP contribution is 2.26. The first-order chi connectivity index (χ1) is 7.66. The van der Waals surface area contributed by atoms with Crippen molar-refractivity contribution < 1.29 is 0 Å². The summed E-state index contributed by atoms with van der Waals surface area (Å²) in [5.74, 6) is 2.50. The van der Waals surface area contributed by atoms with Gasteiger partial charge in [0.15, 0.2) is 0 Å². The molecule has 4 heteroatoms. The molecule has 1 saturated carbocycles. The zero-order valence-corrected chi connectivity index (χ0v) is 10.3. The number of aryl methyl sites for hydroxylation is 2. The molecule has 1 aromatic rings. The van der Waals surface area contributed by atoms with Crippen LogP contribution < -0.4 is 5.73 Å². The van der Waals surface area contributed by atoms with E-state index >= 15 is 0 Å². The minimum absolute atomic E-state index is 0.236. The van der Waals surface area contributed by atoms with E-state index in [1.165, 1.54) is 32.1 Å². The summed E-state index contributed by atoms with van der Waals surface area (Å²) >= 11 is 0. The van der Waals surface area contributed by atoms with Crippen LogP contribution in [0.4, 0.5) is 0 Å². The first kappa shape index (κ1) is 11.6. The molecule has 90 valence electrons. The molecule has 0 aromatic carbocycles. The molecule has 4 nitrogen and oxygen atoms in total. The Kier molecular flexibility index (Phi) is 3.59. The minimum atomic E-state index is 0.236. The van der Waals surface area contributed by atoms with Gasteiger partial charge < -0.3 is 5.73 Å². The van der Waals surface area contributed by atoms with Gasteiger partial charge in [0, 0.05) is 6.04 Å². The van der Waals surface area contributed by atoms with Crippen molar-refractivity contribution in [3.63, 3.8) is 0 Å². The lowest BCUT2D eigenvalue weighted by atomic mass is 9.84.